The van der Waals surface area contributed by atoms with Crippen LogP contribution in [0.2, 0.25) is 0 Å². The lowest BCUT2D eigenvalue weighted by atomic mass is 9.91. The number of thiophene rings is 1. The maximum absolute atomic E-state index is 12.6. The number of amides is 1. The summed E-state index contributed by atoms with van der Waals surface area (Å²) in [6.45, 7) is 0. The maximum Gasteiger partial charge on any atom is 0.248 e. The second-order valence-electron chi connectivity index (χ2n) is 5.88. The van der Waals surface area contributed by atoms with Crippen molar-refractivity contribution < 1.29 is 13.7 Å². The number of methoxy groups -OCH3 is 1. The van der Waals surface area contributed by atoms with E-state index in [9.17, 15) is 9.00 Å². The van der Waals surface area contributed by atoms with E-state index < -0.39 is 10.8 Å². The van der Waals surface area contributed by atoms with E-state index in [4.69, 9.17) is 4.74 Å². The van der Waals surface area contributed by atoms with Gasteiger partial charge < -0.3 is 4.74 Å². The molecule has 0 aliphatic carbocycles. The molecule has 0 fully saturated rings. The van der Waals surface area contributed by atoms with Crippen molar-refractivity contribution in [2.24, 2.45) is 11.0 Å². The summed E-state index contributed by atoms with van der Waals surface area (Å²) in [5.41, 5.74) is 2.47. The number of hydrogen-bond donors (Lipinski definition) is 0. The zero-order valence-corrected chi connectivity index (χ0v) is 16.6. The van der Waals surface area contributed by atoms with Crippen LogP contribution >= 0.6 is 27.3 Å². The van der Waals surface area contributed by atoms with E-state index in [2.05, 4.69) is 21.0 Å². The molecule has 0 saturated heterocycles. The van der Waals surface area contributed by atoms with Crippen LogP contribution in [0.15, 0.2) is 43.4 Å². The second-order valence-corrected chi connectivity index (χ2v) is 10.1. The average molecular weight is 439 g/mol. The molecule has 25 heavy (non-hydrogen) atoms. The number of halogens is 1. The Labute approximate surface area is 160 Å². The molecule has 3 heterocycles. The zero-order chi connectivity index (χ0) is 17.6. The topological polar surface area (TPSA) is 59.0 Å². The molecule has 0 spiro atoms. The van der Waals surface area contributed by atoms with Gasteiger partial charge in [-0.05, 0) is 52.7 Å². The molecule has 8 heteroatoms. The Morgan fingerprint density at radius 1 is 1.36 bits per heavy atom. The van der Waals surface area contributed by atoms with Gasteiger partial charge in [-0.2, -0.15) is 5.10 Å². The van der Waals surface area contributed by atoms with E-state index in [1.807, 2.05) is 30.3 Å². The van der Waals surface area contributed by atoms with Crippen molar-refractivity contribution in [3.05, 3.63) is 39.7 Å². The molecule has 1 aromatic carbocycles. The maximum atomic E-state index is 12.6. The van der Waals surface area contributed by atoms with Gasteiger partial charge in [-0.3, -0.25) is 9.00 Å². The van der Waals surface area contributed by atoms with E-state index >= 15 is 0 Å². The lowest BCUT2D eigenvalue weighted by molar-refractivity contribution is -0.119. The second kappa shape index (κ2) is 6.66. The Morgan fingerprint density at radius 3 is 2.84 bits per heavy atom. The molecule has 1 amide bonds. The predicted octanol–water partition coefficient (Wildman–Crippen LogP) is 3.79. The van der Waals surface area contributed by atoms with Crippen molar-refractivity contribution in [1.82, 2.24) is 0 Å². The molecule has 0 bridgehead atoms. The third-order valence-corrected chi connectivity index (χ3v) is 7.85. The van der Waals surface area contributed by atoms with Crippen LogP contribution in [-0.4, -0.2) is 28.7 Å². The van der Waals surface area contributed by atoms with Crippen molar-refractivity contribution in [1.29, 1.82) is 0 Å². The Kier molecular flexibility index (Phi) is 4.51. The highest BCUT2D eigenvalue weighted by molar-refractivity contribution is 9.11. The summed E-state index contributed by atoms with van der Waals surface area (Å²) in [5.74, 6) is 1.28. The molecule has 5 nitrogen and oxygen atoms in total. The fourth-order valence-corrected chi connectivity index (χ4v) is 6.76. The van der Waals surface area contributed by atoms with Gasteiger partial charge in [0.1, 0.15) is 9.96 Å². The summed E-state index contributed by atoms with van der Waals surface area (Å²) in [7, 11) is 0.566. The number of carbonyl (C=O) groups is 1. The molecular formula is C17H15BrN2O3S2. The van der Waals surface area contributed by atoms with E-state index in [-0.39, 0.29) is 11.8 Å². The third kappa shape index (κ3) is 3.07. The van der Waals surface area contributed by atoms with Crippen molar-refractivity contribution in [2.45, 2.75) is 17.1 Å². The predicted molar refractivity (Wildman–Crippen MR) is 103 cm³/mol. The Bertz CT molecular complexity index is 892. The van der Waals surface area contributed by atoms with Crippen LogP contribution in [0.3, 0.4) is 0 Å². The molecule has 4 rings (SSSR count). The Balaban J connectivity index is 1.80. The molecule has 0 saturated carbocycles. The minimum atomic E-state index is -1.04. The van der Waals surface area contributed by atoms with Gasteiger partial charge in [-0.1, -0.05) is 0 Å². The number of anilines is 1. The van der Waals surface area contributed by atoms with Crippen LogP contribution in [0.5, 0.6) is 5.75 Å². The first-order valence-corrected chi connectivity index (χ1v) is 10.7. The molecule has 0 radical (unpaired) electrons. The molecule has 0 N–H and O–H groups in total. The van der Waals surface area contributed by atoms with Crippen LogP contribution in [-0.2, 0) is 15.6 Å². The van der Waals surface area contributed by atoms with Crippen LogP contribution < -0.4 is 9.75 Å². The van der Waals surface area contributed by atoms with Crippen LogP contribution in [0, 0.1) is 5.92 Å². The Morgan fingerprint density at radius 2 is 2.12 bits per heavy atom. The molecule has 2 atom stereocenters. The number of carbonyl (C=O) groups excluding carboxylic acids is 1. The highest BCUT2D eigenvalue weighted by atomic mass is 79.9. The molecule has 130 valence electrons. The summed E-state index contributed by atoms with van der Waals surface area (Å²) in [6.07, 6.45) is 1.10. The number of ether oxygens (including phenoxy) is 1. The summed E-state index contributed by atoms with van der Waals surface area (Å²) < 4.78 is 19.4. The van der Waals surface area contributed by atoms with Crippen molar-refractivity contribution in [2.75, 3.05) is 17.9 Å². The minimum Gasteiger partial charge on any atom is -0.497 e. The first-order valence-electron chi connectivity index (χ1n) is 7.80. The van der Waals surface area contributed by atoms with Gasteiger partial charge in [0, 0.05) is 23.7 Å². The van der Waals surface area contributed by atoms with Crippen molar-refractivity contribution in [3.63, 3.8) is 0 Å². The number of rotatable bonds is 2. The quantitative estimate of drug-likeness (QED) is 0.716. The third-order valence-electron chi connectivity index (χ3n) is 4.37. The normalized spacial score (nSPS) is 22.7. The van der Waals surface area contributed by atoms with Crippen LogP contribution in [0.4, 0.5) is 5.69 Å². The van der Waals surface area contributed by atoms with Gasteiger partial charge in [0.2, 0.25) is 5.91 Å². The molecule has 2 aromatic rings. The average Bonchev–Trinajstić information content (AvgIpc) is 2.96. The minimum absolute atomic E-state index is 0.0219. The van der Waals surface area contributed by atoms with Gasteiger partial charge in [0.15, 0.2) is 0 Å². The van der Waals surface area contributed by atoms with Gasteiger partial charge in [0.05, 0.1) is 33.1 Å². The molecule has 2 unspecified atom stereocenters. The van der Waals surface area contributed by atoms with Crippen molar-refractivity contribution >= 4 is 55.4 Å². The van der Waals surface area contributed by atoms with E-state index in [0.717, 1.165) is 25.0 Å². The standard InChI is InChI=1S/C17H15BrN2O3S2/c1-23-12-4-2-11(3-5-12)20-15(21)8-10-6-7-25(22)17-13(16(10)19-20)9-14(18)24-17/h2-5,9-10H,6-8H2,1H3. The van der Waals surface area contributed by atoms with Gasteiger partial charge in [-0.15, -0.1) is 11.3 Å². The van der Waals surface area contributed by atoms with E-state index in [1.54, 1.807) is 7.11 Å². The van der Waals surface area contributed by atoms with Crippen LogP contribution in [0.25, 0.3) is 0 Å². The zero-order valence-electron chi connectivity index (χ0n) is 13.4. The lowest BCUT2D eigenvalue weighted by Gasteiger charge is -2.28. The lowest BCUT2D eigenvalue weighted by Crippen LogP contribution is -2.37. The smallest absolute Gasteiger partial charge is 0.248 e. The van der Waals surface area contributed by atoms with Gasteiger partial charge >= 0.3 is 0 Å². The molecule has 2 aliphatic heterocycles. The highest BCUT2D eigenvalue weighted by Gasteiger charge is 2.36. The summed E-state index contributed by atoms with van der Waals surface area (Å²) in [4.78, 5) is 12.6. The number of nitrogens with zero attached hydrogens (tertiary/aromatic N) is 2. The Hall–Kier alpha value is -1.51. The monoisotopic (exact) mass is 438 g/mol. The molecule has 1 aromatic heterocycles. The first-order chi connectivity index (χ1) is 12.1. The highest BCUT2D eigenvalue weighted by Crippen LogP contribution is 2.38. The number of fused-ring (bicyclic) bond motifs is 3. The summed E-state index contributed by atoms with van der Waals surface area (Å²) in [5, 5.41) is 6.12. The van der Waals surface area contributed by atoms with E-state index in [0.29, 0.717) is 24.3 Å². The summed E-state index contributed by atoms with van der Waals surface area (Å²) >= 11 is 4.97. The fourth-order valence-electron chi connectivity index (χ4n) is 3.11. The van der Waals surface area contributed by atoms with E-state index in [1.165, 1.54) is 16.3 Å². The van der Waals surface area contributed by atoms with Gasteiger partial charge in [0.25, 0.3) is 0 Å². The van der Waals surface area contributed by atoms with Crippen LogP contribution in [0.1, 0.15) is 18.4 Å². The van der Waals surface area contributed by atoms with Crippen molar-refractivity contribution in [3.8, 4) is 5.75 Å². The number of benzene rings is 1. The first kappa shape index (κ1) is 16.9. The number of hydrogen-bond acceptors (Lipinski definition) is 5. The number of hydrazone groups is 1. The SMILES string of the molecule is COc1ccc(N2N=C3c4cc(Br)sc4S(=O)CCC3CC2=O)cc1. The summed E-state index contributed by atoms with van der Waals surface area (Å²) in [6, 6.07) is 9.23. The molecule has 2 aliphatic rings. The fraction of sp³-hybridized carbons (Fsp3) is 0.294. The van der Waals surface area contributed by atoms with Gasteiger partial charge in [-0.25, -0.2) is 5.01 Å². The largest absolute Gasteiger partial charge is 0.497 e. The molecular weight excluding hydrogens is 424 g/mol.